The number of ether oxygens (including phenoxy) is 3. The molecule has 0 spiro atoms. The van der Waals surface area contributed by atoms with Gasteiger partial charge in [-0.2, -0.15) is 0 Å². The Bertz CT molecular complexity index is 1150. The highest BCUT2D eigenvalue weighted by molar-refractivity contribution is 5.70. The van der Waals surface area contributed by atoms with E-state index < -0.39 is 6.10 Å². The number of carbonyl (C=O) groups is 2. The number of unbranched alkanes of at least 4 members (excludes halogenated alkanes) is 27. The largest absolute Gasteiger partial charge is 0.462 e. The lowest BCUT2D eigenvalue weighted by Crippen LogP contribution is -2.30. The summed E-state index contributed by atoms with van der Waals surface area (Å²) in [5.41, 5.74) is 0. The fourth-order valence-corrected chi connectivity index (χ4v) is 7.62. The Labute approximate surface area is 397 Å². The molecule has 370 valence electrons. The molecule has 0 saturated heterocycles. The van der Waals surface area contributed by atoms with E-state index >= 15 is 0 Å². The highest BCUT2D eigenvalue weighted by atomic mass is 16.6. The van der Waals surface area contributed by atoms with E-state index in [0.29, 0.717) is 19.4 Å². The third kappa shape index (κ3) is 52.0. The third-order valence-electron chi connectivity index (χ3n) is 11.7. The Balaban J connectivity index is 4.26. The fourth-order valence-electron chi connectivity index (χ4n) is 7.62. The number of hydrogen-bond acceptors (Lipinski definition) is 5. The van der Waals surface area contributed by atoms with Crippen molar-refractivity contribution >= 4 is 11.9 Å². The summed E-state index contributed by atoms with van der Waals surface area (Å²) in [4.78, 5) is 25.4. The van der Waals surface area contributed by atoms with Gasteiger partial charge in [0.2, 0.25) is 0 Å². The summed E-state index contributed by atoms with van der Waals surface area (Å²) in [7, 11) is 0. The predicted octanol–water partition coefficient (Wildman–Crippen LogP) is 18.7. The van der Waals surface area contributed by atoms with Crippen LogP contribution in [0, 0.1) is 0 Å². The first-order chi connectivity index (χ1) is 31.6. The van der Waals surface area contributed by atoms with Gasteiger partial charge in [-0.1, -0.05) is 222 Å². The van der Waals surface area contributed by atoms with Gasteiger partial charge in [0, 0.05) is 19.4 Å². The average molecular weight is 893 g/mol. The first-order valence-electron chi connectivity index (χ1n) is 27.5. The molecule has 0 aliphatic heterocycles. The monoisotopic (exact) mass is 893 g/mol. The number of esters is 2. The van der Waals surface area contributed by atoms with Gasteiger partial charge < -0.3 is 14.2 Å². The van der Waals surface area contributed by atoms with Crippen LogP contribution in [0.25, 0.3) is 0 Å². The molecule has 0 aromatic heterocycles. The summed E-state index contributed by atoms with van der Waals surface area (Å²) in [5, 5.41) is 0. The Hall–Kier alpha value is -2.66. The van der Waals surface area contributed by atoms with Crippen molar-refractivity contribution in [1.29, 1.82) is 0 Å². The van der Waals surface area contributed by atoms with E-state index in [-0.39, 0.29) is 25.2 Å². The fraction of sp³-hybridized carbons (Fsp3) is 0.763. The Morgan fingerprint density at radius 2 is 0.734 bits per heavy atom. The second-order valence-corrected chi connectivity index (χ2v) is 18.1. The van der Waals surface area contributed by atoms with Crippen molar-refractivity contribution in [2.24, 2.45) is 0 Å². The second kappa shape index (κ2) is 54.7. The smallest absolute Gasteiger partial charge is 0.306 e. The summed E-state index contributed by atoms with van der Waals surface area (Å²) in [6.45, 7) is 7.63. The molecule has 5 heteroatoms. The van der Waals surface area contributed by atoms with Crippen LogP contribution in [-0.2, 0) is 23.8 Å². The van der Waals surface area contributed by atoms with Crippen LogP contribution in [0.15, 0.2) is 72.9 Å². The zero-order valence-corrected chi connectivity index (χ0v) is 42.5. The minimum absolute atomic E-state index is 0.0689. The van der Waals surface area contributed by atoms with Gasteiger partial charge in [-0.25, -0.2) is 0 Å². The molecule has 0 rings (SSSR count). The van der Waals surface area contributed by atoms with E-state index in [0.717, 1.165) is 96.3 Å². The van der Waals surface area contributed by atoms with Crippen molar-refractivity contribution in [2.75, 3.05) is 19.8 Å². The maximum atomic E-state index is 12.8. The zero-order valence-electron chi connectivity index (χ0n) is 42.5. The summed E-state index contributed by atoms with van der Waals surface area (Å²) in [6, 6.07) is 0. The lowest BCUT2D eigenvalue weighted by atomic mass is 10.1. The molecule has 1 unspecified atom stereocenters. The van der Waals surface area contributed by atoms with Crippen LogP contribution in [0.4, 0.5) is 0 Å². The molecule has 0 N–H and O–H groups in total. The van der Waals surface area contributed by atoms with Crippen molar-refractivity contribution < 1.29 is 23.8 Å². The van der Waals surface area contributed by atoms with Crippen LogP contribution in [0.5, 0.6) is 0 Å². The molecule has 0 bridgehead atoms. The molecule has 0 amide bonds. The van der Waals surface area contributed by atoms with E-state index in [1.54, 1.807) is 0 Å². The first-order valence-corrected chi connectivity index (χ1v) is 27.5. The molecule has 0 aliphatic carbocycles. The maximum Gasteiger partial charge on any atom is 0.306 e. The van der Waals surface area contributed by atoms with Gasteiger partial charge >= 0.3 is 11.9 Å². The number of allylic oxidation sites excluding steroid dienone is 12. The molecule has 0 aliphatic rings. The summed E-state index contributed by atoms with van der Waals surface area (Å²) in [5.74, 6) is -0.429. The molecule has 0 heterocycles. The van der Waals surface area contributed by atoms with Crippen LogP contribution in [-0.4, -0.2) is 37.9 Å². The highest BCUT2D eigenvalue weighted by Crippen LogP contribution is 2.14. The third-order valence-corrected chi connectivity index (χ3v) is 11.7. The molecule has 0 fully saturated rings. The highest BCUT2D eigenvalue weighted by Gasteiger charge is 2.17. The summed E-state index contributed by atoms with van der Waals surface area (Å²) >= 11 is 0. The molecule has 1 atom stereocenters. The second-order valence-electron chi connectivity index (χ2n) is 18.1. The Morgan fingerprint density at radius 1 is 0.359 bits per heavy atom. The van der Waals surface area contributed by atoms with Crippen molar-refractivity contribution in [3.8, 4) is 0 Å². The molecular weight excluding hydrogens is 789 g/mol. The van der Waals surface area contributed by atoms with Gasteiger partial charge in [0.25, 0.3) is 0 Å². The van der Waals surface area contributed by atoms with Gasteiger partial charge in [0.15, 0.2) is 6.10 Å². The molecule has 0 aromatic rings. The van der Waals surface area contributed by atoms with E-state index in [4.69, 9.17) is 14.2 Å². The summed E-state index contributed by atoms with van der Waals surface area (Å²) in [6.07, 6.45) is 70.6. The van der Waals surface area contributed by atoms with E-state index in [1.165, 1.54) is 135 Å². The topological polar surface area (TPSA) is 61.8 Å². The molecule has 0 aromatic carbocycles. The van der Waals surface area contributed by atoms with Crippen molar-refractivity contribution in [3.05, 3.63) is 72.9 Å². The minimum Gasteiger partial charge on any atom is -0.462 e. The van der Waals surface area contributed by atoms with Crippen LogP contribution in [0.2, 0.25) is 0 Å². The Morgan fingerprint density at radius 3 is 1.20 bits per heavy atom. The van der Waals surface area contributed by atoms with Crippen LogP contribution >= 0.6 is 0 Å². The minimum atomic E-state index is -0.553. The van der Waals surface area contributed by atoms with E-state index in [2.05, 4.69) is 93.7 Å². The van der Waals surface area contributed by atoms with Crippen molar-refractivity contribution in [2.45, 2.75) is 271 Å². The predicted molar refractivity (Wildman–Crippen MR) is 279 cm³/mol. The van der Waals surface area contributed by atoms with Gasteiger partial charge in [0.1, 0.15) is 6.61 Å². The molecular formula is C59H104O5. The van der Waals surface area contributed by atoms with Gasteiger partial charge in [-0.05, 0) is 103 Å². The van der Waals surface area contributed by atoms with Crippen molar-refractivity contribution in [1.82, 2.24) is 0 Å². The van der Waals surface area contributed by atoms with Crippen molar-refractivity contribution in [3.63, 3.8) is 0 Å². The number of rotatable bonds is 50. The van der Waals surface area contributed by atoms with Crippen LogP contribution in [0.1, 0.15) is 265 Å². The standard InChI is InChI=1S/C59H104O5/c1-4-7-10-13-16-19-22-25-27-28-29-30-31-33-36-39-42-45-48-51-54-62-55-57(64-59(61)53-50-47-44-41-38-34-24-21-18-15-12-9-6-3)56-63-58(60)52-49-46-43-40-37-35-32-26-23-20-17-14-11-8-5-2/h8,11-12,15,17,20-21,24-27,32,57H,4-7,9-10,13-14,16,18-19,22-23,28-31,33-56H2,1-3H3/b11-8-,15-12-,20-17-,24-21-,27-25-,32-26-. The lowest BCUT2D eigenvalue weighted by molar-refractivity contribution is -0.163. The van der Waals surface area contributed by atoms with Crippen LogP contribution in [0.3, 0.4) is 0 Å². The zero-order chi connectivity index (χ0) is 46.3. The average Bonchev–Trinajstić information content (AvgIpc) is 3.30. The van der Waals surface area contributed by atoms with Gasteiger partial charge in [-0.3, -0.25) is 9.59 Å². The Kier molecular flexibility index (Phi) is 52.4. The SMILES string of the molecule is CC/C=C\C/C=C\C/C=C\CCCCCCCC(=O)OCC(COCCCCCCCCCCCC/C=C\CCCCCCCC)OC(=O)CCCCCCC/C=C\C/C=C\CCC. The van der Waals surface area contributed by atoms with E-state index in [9.17, 15) is 9.59 Å². The van der Waals surface area contributed by atoms with Gasteiger partial charge in [0.05, 0.1) is 6.61 Å². The quantitative estimate of drug-likeness (QED) is 0.0346. The lowest BCUT2D eigenvalue weighted by Gasteiger charge is -2.18. The molecule has 0 radical (unpaired) electrons. The summed E-state index contributed by atoms with van der Waals surface area (Å²) < 4.78 is 17.4. The van der Waals surface area contributed by atoms with Gasteiger partial charge in [-0.15, -0.1) is 0 Å². The molecule has 0 saturated carbocycles. The first kappa shape index (κ1) is 61.3. The number of carbonyl (C=O) groups excluding carboxylic acids is 2. The van der Waals surface area contributed by atoms with E-state index in [1.807, 2.05) is 0 Å². The molecule has 64 heavy (non-hydrogen) atoms. The normalized spacial score (nSPS) is 12.7. The number of hydrogen-bond donors (Lipinski definition) is 0. The van der Waals surface area contributed by atoms with Crippen LogP contribution < -0.4 is 0 Å². The molecule has 5 nitrogen and oxygen atoms in total. The maximum absolute atomic E-state index is 12.8.